The van der Waals surface area contributed by atoms with Crippen molar-refractivity contribution in [2.45, 2.75) is 58.2 Å². The highest BCUT2D eigenvalue weighted by molar-refractivity contribution is 7.12. The summed E-state index contributed by atoms with van der Waals surface area (Å²) in [5.41, 5.74) is -0.541. The third-order valence-electron chi connectivity index (χ3n) is 5.49. The SMILES string of the molecule is CC(C)(C)C1CCC2(CC1)OCC(C(=O)O)N2C(=O)c1cccs1. The molecule has 1 aliphatic heterocycles. The second-order valence-corrected chi connectivity index (χ2v) is 8.85. The zero-order chi connectivity index (χ0) is 17.5. The molecule has 1 spiro atoms. The molecule has 0 radical (unpaired) electrons. The highest BCUT2D eigenvalue weighted by atomic mass is 32.1. The van der Waals surface area contributed by atoms with E-state index in [-0.39, 0.29) is 17.9 Å². The lowest BCUT2D eigenvalue weighted by atomic mass is 9.70. The van der Waals surface area contributed by atoms with Crippen LogP contribution >= 0.6 is 11.3 Å². The molecule has 1 unspecified atom stereocenters. The van der Waals surface area contributed by atoms with E-state index in [2.05, 4.69) is 20.8 Å². The van der Waals surface area contributed by atoms with Gasteiger partial charge < -0.3 is 9.84 Å². The molecule has 1 aliphatic carbocycles. The number of carbonyl (C=O) groups is 2. The number of carboxylic acids is 1. The third kappa shape index (κ3) is 2.97. The molecule has 1 amide bonds. The van der Waals surface area contributed by atoms with E-state index in [0.717, 1.165) is 12.8 Å². The number of thiophene rings is 1. The Labute approximate surface area is 146 Å². The minimum atomic E-state index is -0.991. The molecule has 1 atom stereocenters. The quantitative estimate of drug-likeness (QED) is 0.884. The van der Waals surface area contributed by atoms with Crippen molar-refractivity contribution >= 4 is 23.2 Å². The van der Waals surface area contributed by atoms with E-state index in [1.54, 1.807) is 6.07 Å². The fourth-order valence-corrected chi connectivity index (χ4v) is 4.67. The summed E-state index contributed by atoms with van der Waals surface area (Å²) in [4.78, 5) is 26.7. The van der Waals surface area contributed by atoms with Crippen LogP contribution in [0.2, 0.25) is 0 Å². The molecule has 132 valence electrons. The molecule has 0 bridgehead atoms. The Morgan fingerprint density at radius 1 is 1.33 bits per heavy atom. The number of ether oxygens (including phenoxy) is 1. The van der Waals surface area contributed by atoms with Gasteiger partial charge in [0.15, 0.2) is 6.04 Å². The zero-order valence-corrected chi connectivity index (χ0v) is 15.3. The lowest BCUT2D eigenvalue weighted by Gasteiger charge is -2.45. The van der Waals surface area contributed by atoms with Gasteiger partial charge in [0, 0.05) is 0 Å². The summed E-state index contributed by atoms with van der Waals surface area (Å²) in [7, 11) is 0. The Kier molecular flexibility index (Phi) is 4.47. The molecule has 1 aromatic rings. The normalized spacial score (nSPS) is 30.7. The summed E-state index contributed by atoms with van der Waals surface area (Å²) in [6.45, 7) is 6.78. The second kappa shape index (κ2) is 6.15. The summed E-state index contributed by atoms with van der Waals surface area (Å²) >= 11 is 1.34. The first kappa shape index (κ1) is 17.4. The summed E-state index contributed by atoms with van der Waals surface area (Å²) in [6, 6.07) is 2.66. The minimum absolute atomic E-state index is 0.0760. The van der Waals surface area contributed by atoms with E-state index in [1.807, 2.05) is 11.4 Å². The molecule has 1 N–H and O–H groups in total. The number of nitrogens with zero attached hydrogens (tertiary/aromatic N) is 1. The average Bonchev–Trinajstić information content (AvgIpc) is 3.14. The Balaban J connectivity index is 1.87. The maximum Gasteiger partial charge on any atom is 0.328 e. The molecule has 2 heterocycles. The number of rotatable bonds is 2. The van der Waals surface area contributed by atoms with E-state index < -0.39 is 17.7 Å². The minimum Gasteiger partial charge on any atom is -0.480 e. The maximum atomic E-state index is 13.0. The van der Waals surface area contributed by atoms with Crippen LogP contribution in [-0.4, -0.2) is 40.3 Å². The van der Waals surface area contributed by atoms with Crippen LogP contribution in [0.1, 0.15) is 56.1 Å². The smallest absolute Gasteiger partial charge is 0.328 e. The molecule has 24 heavy (non-hydrogen) atoms. The van der Waals surface area contributed by atoms with Crippen LogP contribution in [0.3, 0.4) is 0 Å². The number of carbonyl (C=O) groups excluding carboxylic acids is 1. The largest absolute Gasteiger partial charge is 0.480 e. The first-order valence-corrected chi connectivity index (χ1v) is 9.36. The van der Waals surface area contributed by atoms with Gasteiger partial charge in [0.1, 0.15) is 5.72 Å². The van der Waals surface area contributed by atoms with Crippen molar-refractivity contribution in [2.75, 3.05) is 6.61 Å². The first-order chi connectivity index (χ1) is 11.2. The van der Waals surface area contributed by atoms with Gasteiger partial charge in [-0.15, -0.1) is 11.3 Å². The fourth-order valence-electron chi connectivity index (χ4n) is 4.01. The number of hydrogen-bond donors (Lipinski definition) is 1. The monoisotopic (exact) mass is 351 g/mol. The number of amides is 1. The van der Waals surface area contributed by atoms with Crippen LogP contribution in [0.4, 0.5) is 0 Å². The third-order valence-corrected chi connectivity index (χ3v) is 6.35. The maximum absolute atomic E-state index is 13.0. The predicted molar refractivity (Wildman–Crippen MR) is 92.0 cm³/mol. The molecule has 5 nitrogen and oxygen atoms in total. The summed E-state index contributed by atoms with van der Waals surface area (Å²) in [5.74, 6) is -0.645. The van der Waals surface area contributed by atoms with Gasteiger partial charge in [0.2, 0.25) is 0 Å². The Morgan fingerprint density at radius 3 is 2.50 bits per heavy atom. The van der Waals surface area contributed by atoms with Crippen LogP contribution in [-0.2, 0) is 9.53 Å². The highest BCUT2D eigenvalue weighted by Crippen LogP contribution is 2.47. The molecule has 1 aromatic heterocycles. The summed E-state index contributed by atoms with van der Waals surface area (Å²) in [5, 5.41) is 11.4. The van der Waals surface area contributed by atoms with Gasteiger partial charge in [0.25, 0.3) is 5.91 Å². The van der Waals surface area contributed by atoms with E-state index in [1.165, 1.54) is 16.2 Å². The topological polar surface area (TPSA) is 66.8 Å². The van der Waals surface area contributed by atoms with Crippen LogP contribution in [0, 0.1) is 11.3 Å². The molecular formula is C18H25NO4S. The van der Waals surface area contributed by atoms with Crippen LogP contribution in [0.15, 0.2) is 17.5 Å². The summed E-state index contributed by atoms with van der Waals surface area (Å²) < 4.78 is 5.98. The van der Waals surface area contributed by atoms with Gasteiger partial charge in [0.05, 0.1) is 11.5 Å². The Morgan fingerprint density at radius 2 is 2.00 bits per heavy atom. The van der Waals surface area contributed by atoms with Gasteiger partial charge in [-0.1, -0.05) is 26.8 Å². The van der Waals surface area contributed by atoms with Crippen molar-refractivity contribution in [1.29, 1.82) is 0 Å². The van der Waals surface area contributed by atoms with Crippen molar-refractivity contribution in [2.24, 2.45) is 11.3 Å². The molecular weight excluding hydrogens is 326 g/mol. The van der Waals surface area contributed by atoms with Crippen LogP contribution in [0.25, 0.3) is 0 Å². The molecule has 0 aromatic carbocycles. The van der Waals surface area contributed by atoms with Crippen molar-refractivity contribution in [3.63, 3.8) is 0 Å². The molecule has 2 aliphatic rings. The van der Waals surface area contributed by atoms with Crippen LogP contribution in [0.5, 0.6) is 0 Å². The molecule has 6 heteroatoms. The van der Waals surface area contributed by atoms with Crippen LogP contribution < -0.4 is 0 Å². The van der Waals surface area contributed by atoms with E-state index in [4.69, 9.17) is 4.74 Å². The van der Waals surface area contributed by atoms with E-state index in [0.29, 0.717) is 23.6 Å². The standard InChI is InChI=1S/C18H25NO4S/c1-17(2,3)12-6-8-18(9-7-12)19(13(11-23-18)16(21)22)15(20)14-5-4-10-24-14/h4-5,10,12-13H,6-9,11H2,1-3H3,(H,21,22). The number of aliphatic carboxylic acids is 1. The lowest BCUT2D eigenvalue weighted by molar-refractivity contribution is -0.144. The Hall–Kier alpha value is -1.40. The average molecular weight is 351 g/mol. The predicted octanol–water partition coefficient (Wildman–Crippen LogP) is 3.61. The molecule has 1 saturated carbocycles. The zero-order valence-electron chi connectivity index (χ0n) is 14.4. The highest BCUT2D eigenvalue weighted by Gasteiger charge is 2.54. The Bertz CT molecular complexity index is 611. The van der Waals surface area contributed by atoms with Gasteiger partial charge in [-0.3, -0.25) is 9.69 Å². The van der Waals surface area contributed by atoms with E-state index in [9.17, 15) is 14.7 Å². The van der Waals surface area contributed by atoms with Gasteiger partial charge in [-0.05, 0) is 48.5 Å². The summed E-state index contributed by atoms with van der Waals surface area (Å²) in [6.07, 6.45) is 3.31. The molecule has 1 saturated heterocycles. The van der Waals surface area contributed by atoms with Crippen molar-refractivity contribution < 1.29 is 19.4 Å². The molecule has 2 fully saturated rings. The molecule has 3 rings (SSSR count). The van der Waals surface area contributed by atoms with E-state index >= 15 is 0 Å². The number of hydrogen-bond acceptors (Lipinski definition) is 4. The van der Waals surface area contributed by atoms with Gasteiger partial charge >= 0.3 is 5.97 Å². The lowest BCUT2D eigenvalue weighted by Crippen LogP contribution is -2.55. The van der Waals surface area contributed by atoms with Crippen molar-refractivity contribution in [1.82, 2.24) is 4.90 Å². The fraction of sp³-hybridized carbons (Fsp3) is 0.667. The van der Waals surface area contributed by atoms with Crippen molar-refractivity contribution in [3.05, 3.63) is 22.4 Å². The first-order valence-electron chi connectivity index (χ1n) is 8.48. The second-order valence-electron chi connectivity index (χ2n) is 7.90. The number of carboxylic acid groups (broad SMARTS) is 1. The van der Waals surface area contributed by atoms with Gasteiger partial charge in [-0.25, -0.2) is 4.79 Å². The van der Waals surface area contributed by atoms with Crippen molar-refractivity contribution in [3.8, 4) is 0 Å². The van der Waals surface area contributed by atoms with Gasteiger partial charge in [-0.2, -0.15) is 0 Å².